The van der Waals surface area contributed by atoms with Gasteiger partial charge < -0.3 is 10.1 Å². The van der Waals surface area contributed by atoms with Gasteiger partial charge >= 0.3 is 5.97 Å². The van der Waals surface area contributed by atoms with Gasteiger partial charge in [-0.3, -0.25) is 19.3 Å². The lowest BCUT2D eigenvalue weighted by molar-refractivity contribution is -0.152. The first-order valence-electron chi connectivity index (χ1n) is 8.90. The molecule has 0 aromatic heterocycles. The van der Waals surface area contributed by atoms with Crippen LogP contribution in [-0.2, 0) is 24.3 Å². The van der Waals surface area contributed by atoms with Crippen molar-refractivity contribution in [1.82, 2.24) is 4.72 Å². The Morgan fingerprint density at radius 1 is 1.13 bits per heavy atom. The topological polar surface area (TPSA) is 114 Å². The maximum Gasteiger partial charge on any atom is 0.308 e. The van der Waals surface area contributed by atoms with Crippen molar-refractivity contribution in [3.8, 4) is 0 Å². The van der Waals surface area contributed by atoms with E-state index in [1.54, 1.807) is 18.2 Å². The standard InChI is InChI=1S/C19H16F3N3O5S/c1-10(19(27)24-13-7-6-12(20)16(21)17(13)22)30-15(26)8-9-23-18-11-4-2-3-5-14(11)31(28,29)25-18/h2-7,10H,8-9H2,1H3,(H,23,25)(H,24,27)/t10-/m0/s1. The number of carbonyl (C=O) groups excluding carboxylic acids is 2. The molecular weight excluding hydrogens is 439 g/mol. The molecule has 1 aliphatic heterocycles. The summed E-state index contributed by atoms with van der Waals surface area (Å²) in [6, 6.07) is 7.66. The lowest BCUT2D eigenvalue weighted by atomic mass is 10.2. The van der Waals surface area contributed by atoms with Crippen LogP contribution in [0.25, 0.3) is 0 Å². The molecule has 1 amide bonds. The van der Waals surface area contributed by atoms with Crippen molar-refractivity contribution in [1.29, 1.82) is 0 Å². The number of hydrogen-bond donors (Lipinski definition) is 2. The number of aliphatic imine (C=N–C) groups is 1. The van der Waals surface area contributed by atoms with E-state index in [-0.39, 0.29) is 23.7 Å². The third kappa shape index (κ3) is 4.85. The molecule has 0 saturated carbocycles. The summed E-state index contributed by atoms with van der Waals surface area (Å²) in [4.78, 5) is 28.1. The summed E-state index contributed by atoms with van der Waals surface area (Å²) in [6.07, 6.45) is -1.64. The molecule has 1 heterocycles. The lowest BCUT2D eigenvalue weighted by Crippen LogP contribution is -2.30. The highest BCUT2D eigenvalue weighted by Gasteiger charge is 2.30. The van der Waals surface area contributed by atoms with E-state index in [1.807, 2.05) is 5.32 Å². The van der Waals surface area contributed by atoms with E-state index in [1.165, 1.54) is 13.0 Å². The fraction of sp³-hybridized carbons (Fsp3) is 0.211. The van der Waals surface area contributed by atoms with Gasteiger partial charge in [0.2, 0.25) is 0 Å². The molecule has 2 aromatic rings. The molecular formula is C19H16F3N3O5S. The molecule has 0 radical (unpaired) electrons. The number of amides is 1. The molecule has 1 atom stereocenters. The fourth-order valence-electron chi connectivity index (χ4n) is 2.68. The Balaban J connectivity index is 1.55. The normalized spacial score (nSPS) is 16.3. The number of nitrogens with zero attached hydrogens (tertiary/aromatic N) is 1. The highest BCUT2D eigenvalue weighted by Crippen LogP contribution is 2.22. The Morgan fingerprint density at radius 2 is 1.84 bits per heavy atom. The molecule has 2 N–H and O–H groups in total. The van der Waals surface area contributed by atoms with E-state index in [4.69, 9.17) is 4.74 Å². The van der Waals surface area contributed by atoms with Crippen LogP contribution in [0, 0.1) is 17.5 Å². The predicted molar refractivity (Wildman–Crippen MR) is 103 cm³/mol. The number of benzene rings is 2. The monoisotopic (exact) mass is 455 g/mol. The van der Waals surface area contributed by atoms with Crippen molar-refractivity contribution in [3.63, 3.8) is 0 Å². The van der Waals surface area contributed by atoms with Crippen molar-refractivity contribution in [3.05, 3.63) is 59.4 Å². The van der Waals surface area contributed by atoms with Crippen LogP contribution >= 0.6 is 0 Å². The maximum absolute atomic E-state index is 13.6. The van der Waals surface area contributed by atoms with Crippen molar-refractivity contribution in [2.45, 2.75) is 24.3 Å². The summed E-state index contributed by atoms with van der Waals surface area (Å²) in [6.45, 7) is 1.08. The van der Waals surface area contributed by atoms with E-state index in [9.17, 15) is 31.2 Å². The average Bonchev–Trinajstić information content (AvgIpc) is 2.99. The van der Waals surface area contributed by atoms with E-state index >= 15 is 0 Å². The largest absolute Gasteiger partial charge is 0.452 e. The summed E-state index contributed by atoms with van der Waals surface area (Å²) in [7, 11) is -3.71. The second-order valence-corrected chi connectivity index (χ2v) is 8.08. The quantitative estimate of drug-likeness (QED) is 0.512. The average molecular weight is 455 g/mol. The zero-order chi connectivity index (χ0) is 22.8. The van der Waals surface area contributed by atoms with Crippen LogP contribution in [0.3, 0.4) is 0 Å². The van der Waals surface area contributed by atoms with Gasteiger partial charge in [-0.05, 0) is 31.2 Å². The zero-order valence-corrected chi connectivity index (χ0v) is 16.8. The molecule has 31 heavy (non-hydrogen) atoms. The minimum atomic E-state index is -3.71. The van der Waals surface area contributed by atoms with Gasteiger partial charge in [0.05, 0.1) is 23.5 Å². The number of nitrogens with one attached hydrogen (secondary N) is 2. The predicted octanol–water partition coefficient (Wildman–Crippen LogP) is 2.10. The van der Waals surface area contributed by atoms with Crippen LogP contribution in [0.5, 0.6) is 0 Å². The zero-order valence-electron chi connectivity index (χ0n) is 16.0. The molecule has 1 aliphatic rings. The first kappa shape index (κ1) is 22.3. The van der Waals surface area contributed by atoms with Crippen LogP contribution in [0.2, 0.25) is 0 Å². The summed E-state index contributed by atoms with van der Waals surface area (Å²) in [5.41, 5.74) is -0.234. The third-order valence-corrected chi connectivity index (χ3v) is 5.62. The molecule has 0 saturated heterocycles. The summed E-state index contributed by atoms with van der Waals surface area (Å²) >= 11 is 0. The third-order valence-electron chi connectivity index (χ3n) is 4.22. The summed E-state index contributed by atoms with van der Waals surface area (Å²) < 4.78 is 71.0. The van der Waals surface area contributed by atoms with Gasteiger partial charge in [0, 0.05) is 5.56 Å². The number of rotatable bonds is 6. The number of ether oxygens (including phenoxy) is 1. The molecule has 0 spiro atoms. The van der Waals surface area contributed by atoms with Crippen LogP contribution in [0.4, 0.5) is 18.9 Å². The Kier molecular flexibility index (Phi) is 6.29. The lowest BCUT2D eigenvalue weighted by Gasteiger charge is -2.14. The molecule has 0 bridgehead atoms. The van der Waals surface area contributed by atoms with Gasteiger partial charge in [0.1, 0.15) is 5.84 Å². The van der Waals surface area contributed by atoms with Crippen molar-refractivity contribution < 1.29 is 35.9 Å². The van der Waals surface area contributed by atoms with Crippen LogP contribution < -0.4 is 10.0 Å². The van der Waals surface area contributed by atoms with E-state index in [0.29, 0.717) is 11.6 Å². The molecule has 8 nitrogen and oxygen atoms in total. The first-order valence-corrected chi connectivity index (χ1v) is 10.4. The van der Waals surface area contributed by atoms with Crippen LogP contribution in [0.1, 0.15) is 18.9 Å². The number of anilines is 1. The number of esters is 1. The molecule has 0 fully saturated rings. The van der Waals surface area contributed by atoms with Gasteiger partial charge in [-0.2, -0.15) is 0 Å². The Morgan fingerprint density at radius 3 is 2.58 bits per heavy atom. The molecule has 12 heteroatoms. The van der Waals surface area contributed by atoms with Gasteiger partial charge in [-0.15, -0.1) is 0 Å². The number of hydrogen-bond acceptors (Lipinski definition) is 6. The smallest absolute Gasteiger partial charge is 0.308 e. The highest BCUT2D eigenvalue weighted by atomic mass is 32.2. The van der Waals surface area contributed by atoms with Gasteiger partial charge in [0.25, 0.3) is 15.9 Å². The molecule has 0 unspecified atom stereocenters. The summed E-state index contributed by atoms with van der Waals surface area (Å²) in [5.74, 6) is -6.44. The number of sulfonamides is 1. The molecule has 164 valence electrons. The Hall–Kier alpha value is -3.41. The second-order valence-electron chi connectivity index (χ2n) is 6.43. The van der Waals surface area contributed by atoms with Crippen molar-refractivity contribution >= 4 is 33.4 Å². The van der Waals surface area contributed by atoms with Crippen LogP contribution in [-0.4, -0.2) is 38.8 Å². The van der Waals surface area contributed by atoms with Crippen LogP contribution in [0.15, 0.2) is 46.3 Å². The minimum absolute atomic E-state index is 0.0751. The Bertz CT molecular complexity index is 1180. The first-order chi connectivity index (χ1) is 14.6. The fourth-order valence-corrected chi connectivity index (χ4v) is 3.93. The van der Waals surface area contributed by atoms with E-state index in [2.05, 4.69) is 9.71 Å². The number of amidine groups is 1. The highest BCUT2D eigenvalue weighted by molar-refractivity contribution is 7.90. The van der Waals surface area contributed by atoms with Crippen molar-refractivity contribution in [2.75, 3.05) is 11.9 Å². The second kappa shape index (κ2) is 8.76. The molecule has 0 aliphatic carbocycles. The minimum Gasteiger partial charge on any atom is -0.452 e. The van der Waals surface area contributed by atoms with Gasteiger partial charge in [-0.1, -0.05) is 12.1 Å². The van der Waals surface area contributed by atoms with Gasteiger partial charge in [0.15, 0.2) is 23.6 Å². The maximum atomic E-state index is 13.6. The number of fused-ring (bicyclic) bond motifs is 1. The van der Waals surface area contributed by atoms with Gasteiger partial charge in [-0.25, -0.2) is 21.6 Å². The molecule has 2 aromatic carbocycles. The van der Waals surface area contributed by atoms with E-state index < -0.39 is 51.1 Å². The van der Waals surface area contributed by atoms with E-state index in [0.717, 1.165) is 6.07 Å². The SMILES string of the molecule is C[C@H](OC(=O)CCN=C1NS(=O)(=O)c2ccccc21)C(=O)Nc1ccc(F)c(F)c1F. The Labute approximate surface area is 175 Å². The van der Waals surface area contributed by atoms with Crippen molar-refractivity contribution in [2.24, 2.45) is 4.99 Å². The molecule has 3 rings (SSSR count). The number of halogens is 3. The summed E-state index contributed by atoms with van der Waals surface area (Å²) in [5, 5.41) is 2.00. The number of carbonyl (C=O) groups is 2.